The molecule has 0 amide bonds. The molecule has 0 bridgehead atoms. The van der Waals surface area contributed by atoms with Crippen molar-refractivity contribution in [3.05, 3.63) is 66.3 Å². The zero-order chi connectivity index (χ0) is 16.5. The van der Waals surface area contributed by atoms with Crippen LogP contribution >= 0.6 is 0 Å². The molecular weight excluding hydrogens is 300 g/mol. The highest BCUT2D eigenvalue weighted by Gasteiger charge is 2.15. The number of aryl methyl sites for hydroxylation is 1. The summed E-state index contributed by atoms with van der Waals surface area (Å²) in [7, 11) is 1.92. The second-order valence-corrected chi connectivity index (χ2v) is 5.85. The second kappa shape index (κ2) is 5.81. The first-order chi connectivity index (χ1) is 11.7. The predicted octanol–water partition coefficient (Wildman–Crippen LogP) is 2.98. The highest BCUT2D eigenvalue weighted by atomic mass is 15.3. The SMILES string of the molecule is CC1=CN(c2cnn(C)c2)CN=C1c1ccc(-c2ccn[nH]2)cc1. The van der Waals surface area contributed by atoms with Gasteiger partial charge in [0.05, 0.1) is 23.3 Å². The Morgan fingerprint density at radius 2 is 1.88 bits per heavy atom. The van der Waals surface area contributed by atoms with E-state index in [1.54, 1.807) is 10.9 Å². The van der Waals surface area contributed by atoms with Gasteiger partial charge in [0.15, 0.2) is 0 Å². The molecule has 0 fully saturated rings. The van der Waals surface area contributed by atoms with Crippen molar-refractivity contribution in [1.82, 2.24) is 20.0 Å². The van der Waals surface area contributed by atoms with Crippen LogP contribution in [0.5, 0.6) is 0 Å². The van der Waals surface area contributed by atoms with Gasteiger partial charge in [0, 0.05) is 31.2 Å². The summed E-state index contributed by atoms with van der Waals surface area (Å²) in [6.07, 6.45) is 7.73. The van der Waals surface area contributed by atoms with Gasteiger partial charge >= 0.3 is 0 Å². The molecule has 0 aliphatic carbocycles. The zero-order valence-electron chi connectivity index (χ0n) is 13.6. The van der Waals surface area contributed by atoms with Crippen molar-refractivity contribution in [2.45, 2.75) is 6.92 Å². The summed E-state index contributed by atoms with van der Waals surface area (Å²) in [5.74, 6) is 0. The molecule has 3 heterocycles. The van der Waals surface area contributed by atoms with Gasteiger partial charge in [0.2, 0.25) is 0 Å². The molecule has 0 saturated heterocycles. The Morgan fingerprint density at radius 1 is 1.08 bits per heavy atom. The number of hydrogen-bond acceptors (Lipinski definition) is 4. The summed E-state index contributed by atoms with van der Waals surface area (Å²) in [4.78, 5) is 6.86. The van der Waals surface area contributed by atoms with Crippen LogP contribution in [-0.2, 0) is 7.05 Å². The Bertz CT molecular complexity index is 899. The number of hydrogen-bond donors (Lipinski definition) is 1. The number of benzene rings is 1. The summed E-state index contributed by atoms with van der Waals surface area (Å²) < 4.78 is 1.80. The summed E-state index contributed by atoms with van der Waals surface area (Å²) in [6, 6.07) is 10.3. The highest BCUT2D eigenvalue weighted by Crippen LogP contribution is 2.22. The number of rotatable bonds is 3. The molecule has 0 saturated carbocycles. The van der Waals surface area contributed by atoms with Crippen molar-refractivity contribution in [2.75, 3.05) is 11.6 Å². The molecule has 3 aromatic rings. The first-order valence-corrected chi connectivity index (χ1v) is 7.79. The predicted molar refractivity (Wildman–Crippen MR) is 94.9 cm³/mol. The molecule has 0 unspecified atom stereocenters. The fraction of sp³-hybridized carbons (Fsp3) is 0.167. The molecule has 0 spiro atoms. The van der Waals surface area contributed by atoms with E-state index in [0.29, 0.717) is 6.67 Å². The van der Waals surface area contributed by atoms with E-state index < -0.39 is 0 Å². The highest BCUT2D eigenvalue weighted by molar-refractivity contribution is 6.13. The quantitative estimate of drug-likeness (QED) is 0.807. The van der Waals surface area contributed by atoms with E-state index in [0.717, 1.165) is 33.8 Å². The number of nitrogens with zero attached hydrogens (tertiary/aromatic N) is 5. The van der Waals surface area contributed by atoms with Crippen LogP contribution in [0.25, 0.3) is 11.3 Å². The zero-order valence-corrected chi connectivity index (χ0v) is 13.6. The minimum Gasteiger partial charge on any atom is -0.325 e. The van der Waals surface area contributed by atoms with Gasteiger partial charge < -0.3 is 4.90 Å². The molecule has 4 rings (SSSR count). The van der Waals surface area contributed by atoms with E-state index in [9.17, 15) is 0 Å². The third-order valence-corrected chi connectivity index (χ3v) is 4.10. The Kier molecular flexibility index (Phi) is 3.49. The third-order valence-electron chi connectivity index (χ3n) is 4.10. The molecule has 6 nitrogen and oxygen atoms in total. The Hall–Kier alpha value is -3.15. The van der Waals surface area contributed by atoms with E-state index in [2.05, 4.69) is 57.6 Å². The van der Waals surface area contributed by atoms with E-state index in [1.165, 1.54) is 0 Å². The average Bonchev–Trinajstić information content (AvgIpc) is 3.27. The summed E-state index contributed by atoms with van der Waals surface area (Å²) in [6.45, 7) is 2.69. The smallest absolute Gasteiger partial charge is 0.115 e. The lowest BCUT2D eigenvalue weighted by atomic mass is 10.0. The lowest BCUT2D eigenvalue weighted by molar-refractivity contribution is 0.767. The summed E-state index contributed by atoms with van der Waals surface area (Å²) in [5.41, 5.74) is 6.48. The number of anilines is 1. The molecule has 6 heteroatoms. The van der Waals surface area contributed by atoms with Crippen LogP contribution in [-0.4, -0.2) is 32.4 Å². The van der Waals surface area contributed by atoms with E-state index >= 15 is 0 Å². The molecule has 1 N–H and O–H groups in total. The maximum Gasteiger partial charge on any atom is 0.115 e. The van der Waals surface area contributed by atoms with Gasteiger partial charge in [0.1, 0.15) is 6.67 Å². The number of nitrogens with one attached hydrogen (secondary N) is 1. The van der Waals surface area contributed by atoms with Crippen LogP contribution in [0.3, 0.4) is 0 Å². The van der Waals surface area contributed by atoms with Crippen LogP contribution in [0.1, 0.15) is 12.5 Å². The van der Waals surface area contributed by atoms with Crippen molar-refractivity contribution < 1.29 is 0 Å². The van der Waals surface area contributed by atoms with Crippen LogP contribution in [0, 0.1) is 0 Å². The number of aliphatic imine (C=N–C) groups is 1. The molecule has 0 atom stereocenters. The normalized spacial score (nSPS) is 14.5. The molecule has 1 aliphatic rings. The molecule has 0 radical (unpaired) electrons. The van der Waals surface area contributed by atoms with E-state index in [4.69, 9.17) is 4.99 Å². The number of H-pyrrole nitrogens is 1. The van der Waals surface area contributed by atoms with Gasteiger partial charge in [-0.05, 0) is 24.1 Å². The van der Waals surface area contributed by atoms with Crippen molar-refractivity contribution in [3.63, 3.8) is 0 Å². The number of allylic oxidation sites excluding steroid dienone is 1. The lowest BCUT2D eigenvalue weighted by Gasteiger charge is -2.23. The van der Waals surface area contributed by atoms with Crippen molar-refractivity contribution in [2.24, 2.45) is 12.0 Å². The van der Waals surface area contributed by atoms with Gasteiger partial charge in [-0.25, -0.2) is 0 Å². The van der Waals surface area contributed by atoms with Gasteiger partial charge in [-0.15, -0.1) is 0 Å². The standard InChI is InChI=1S/C18H18N6/c1-13-10-24(16-9-21-23(2)11-16)12-19-18(13)15-5-3-14(4-6-15)17-7-8-20-22-17/h3-11H,12H2,1-2H3,(H,20,22). The first kappa shape index (κ1) is 14.4. The molecule has 1 aromatic carbocycles. The molecule has 24 heavy (non-hydrogen) atoms. The third kappa shape index (κ3) is 2.62. The van der Waals surface area contributed by atoms with Gasteiger partial charge in [-0.3, -0.25) is 14.8 Å². The number of aromatic nitrogens is 4. The molecule has 1 aliphatic heterocycles. The van der Waals surface area contributed by atoms with Gasteiger partial charge in [-0.1, -0.05) is 24.3 Å². The van der Waals surface area contributed by atoms with Crippen molar-refractivity contribution in [1.29, 1.82) is 0 Å². The van der Waals surface area contributed by atoms with Crippen LogP contribution in [0.2, 0.25) is 0 Å². The largest absolute Gasteiger partial charge is 0.325 e. The molecular formula is C18H18N6. The minimum atomic E-state index is 0.598. The monoisotopic (exact) mass is 318 g/mol. The van der Waals surface area contributed by atoms with Crippen LogP contribution in [0.15, 0.2) is 65.7 Å². The van der Waals surface area contributed by atoms with Crippen LogP contribution < -0.4 is 4.90 Å². The lowest BCUT2D eigenvalue weighted by Crippen LogP contribution is -2.24. The molecule has 2 aromatic heterocycles. The maximum absolute atomic E-state index is 4.76. The van der Waals surface area contributed by atoms with Crippen LogP contribution in [0.4, 0.5) is 5.69 Å². The number of aromatic amines is 1. The van der Waals surface area contributed by atoms with Crippen molar-refractivity contribution >= 4 is 11.4 Å². The topological polar surface area (TPSA) is 62.1 Å². The van der Waals surface area contributed by atoms with Gasteiger partial charge in [-0.2, -0.15) is 10.2 Å². The fourth-order valence-corrected chi connectivity index (χ4v) is 2.86. The average molecular weight is 318 g/mol. The Balaban J connectivity index is 1.57. The summed E-state index contributed by atoms with van der Waals surface area (Å²) >= 11 is 0. The minimum absolute atomic E-state index is 0.598. The second-order valence-electron chi connectivity index (χ2n) is 5.85. The van der Waals surface area contributed by atoms with Crippen molar-refractivity contribution in [3.8, 4) is 11.3 Å². The maximum atomic E-state index is 4.76. The Morgan fingerprint density at radius 3 is 2.50 bits per heavy atom. The van der Waals surface area contributed by atoms with Gasteiger partial charge in [0.25, 0.3) is 0 Å². The fourth-order valence-electron chi connectivity index (χ4n) is 2.86. The first-order valence-electron chi connectivity index (χ1n) is 7.79. The van der Waals surface area contributed by atoms with E-state index in [1.807, 2.05) is 25.5 Å². The van der Waals surface area contributed by atoms with E-state index in [-0.39, 0.29) is 0 Å². The Labute approximate surface area is 140 Å². The summed E-state index contributed by atoms with van der Waals surface area (Å²) in [5, 5.41) is 11.2. The molecule has 120 valence electrons.